The Balaban J connectivity index is 2.21. The first-order chi connectivity index (χ1) is 7.97. The summed E-state index contributed by atoms with van der Waals surface area (Å²) in [6.07, 6.45) is -4.48. The summed E-state index contributed by atoms with van der Waals surface area (Å²) in [5, 5.41) is 5.23. The molecule has 8 heteroatoms. The third-order valence-corrected chi connectivity index (χ3v) is 3.42. The number of para-hydroxylation sites is 1. The molecule has 90 valence electrons. The lowest BCUT2D eigenvalue weighted by atomic mass is 10.3. The second kappa shape index (κ2) is 4.77. The van der Waals surface area contributed by atoms with E-state index in [9.17, 15) is 13.2 Å². The lowest BCUT2D eigenvalue weighted by Crippen LogP contribution is -2.03. The van der Waals surface area contributed by atoms with E-state index in [0.717, 1.165) is 3.57 Å². The number of nitrogens with zero attached hydrogens (tertiary/aromatic N) is 2. The number of alkyl halides is 3. The van der Waals surface area contributed by atoms with Gasteiger partial charge in [0.1, 0.15) is 5.75 Å². The molecule has 3 nitrogen and oxygen atoms in total. The maximum atomic E-state index is 12.3. The molecular formula is C9H4F3IN2OS. The first-order valence-electron chi connectivity index (χ1n) is 4.30. The summed E-state index contributed by atoms with van der Waals surface area (Å²) in [5.74, 6) is 0.456. The Morgan fingerprint density at radius 3 is 2.47 bits per heavy atom. The summed E-state index contributed by atoms with van der Waals surface area (Å²) in [6.45, 7) is 0. The van der Waals surface area contributed by atoms with Crippen molar-refractivity contribution in [1.29, 1.82) is 0 Å². The van der Waals surface area contributed by atoms with Crippen molar-refractivity contribution >= 4 is 33.9 Å². The number of hydrogen-bond donors (Lipinski definition) is 0. The highest BCUT2D eigenvalue weighted by atomic mass is 127. The molecule has 0 radical (unpaired) electrons. The van der Waals surface area contributed by atoms with Crippen molar-refractivity contribution in [3.63, 3.8) is 0 Å². The fraction of sp³-hybridized carbons (Fsp3) is 0.111. The lowest BCUT2D eigenvalue weighted by Gasteiger charge is -2.02. The SMILES string of the molecule is FC(F)(F)c1nnc(Oc2ccccc2I)s1. The molecule has 0 spiro atoms. The van der Waals surface area contributed by atoms with E-state index >= 15 is 0 Å². The Morgan fingerprint density at radius 1 is 1.18 bits per heavy atom. The average Bonchev–Trinajstić information content (AvgIpc) is 2.69. The van der Waals surface area contributed by atoms with Crippen molar-refractivity contribution < 1.29 is 17.9 Å². The second-order valence-corrected chi connectivity index (χ2v) is 5.01. The third kappa shape index (κ3) is 3.06. The molecule has 0 unspecified atom stereocenters. The quantitative estimate of drug-likeness (QED) is 0.749. The van der Waals surface area contributed by atoms with Crippen LogP contribution in [0.1, 0.15) is 5.01 Å². The molecule has 0 saturated heterocycles. The smallest absolute Gasteiger partial charge is 0.429 e. The average molecular weight is 372 g/mol. The fourth-order valence-corrected chi connectivity index (χ4v) is 2.06. The summed E-state index contributed by atoms with van der Waals surface area (Å²) in [4.78, 5) is 0. The molecule has 2 aromatic rings. The van der Waals surface area contributed by atoms with Gasteiger partial charge in [0.15, 0.2) is 0 Å². The van der Waals surface area contributed by atoms with Crippen LogP contribution in [0.3, 0.4) is 0 Å². The van der Waals surface area contributed by atoms with Crippen LogP contribution in [0.25, 0.3) is 0 Å². The Labute approximate surface area is 112 Å². The minimum atomic E-state index is -4.48. The second-order valence-electron chi connectivity index (χ2n) is 2.90. The van der Waals surface area contributed by atoms with Gasteiger partial charge in [-0.25, -0.2) is 0 Å². The Bertz CT molecular complexity index is 529. The summed E-state index contributed by atoms with van der Waals surface area (Å²) in [6, 6.07) is 6.96. The van der Waals surface area contributed by atoms with E-state index in [2.05, 4.69) is 10.2 Å². The lowest BCUT2D eigenvalue weighted by molar-refractivity contribution is -0.138. The van der Waals surface area contributed by atoms with Crippen LogP contribution in [0.15, 0.2) is 24.3 Å². The van der Waals surface area contributed by atoms with Gasteiger partial charge in [-0.15, -0.1) is 5.10 Å². The fourth-order valence-electron chi connectivity index (χ4n) is 0.987. The highest BCUT2D eigenvalue weighted by Crippen LogP contribution is 2.36. The van der Waals surface area contributed by atoms with Crippen LogP contribution in [0.4, 0.5) is 13.2 Å². The number of ether oxygens (including phenoxy) is 1. The standard InChI is InChI=1S/C9H4F3IN2OS/c10-9(11,12)7-14-15-8(17-7)16-6-4-2-1-3-5(6)13/h1-4H. The van der Waals surface area contributed by atoms with E-state index < -0.39 is 11.2 Å². The predicted octanol–water partition coefficient (Wildman–Crippen LogP) is 3.95. The molecule has 0 aliphatic heterocycles. The van der Waals surface area contributed by atoms with Gasteiger partial charge >= 0.3 is 6.18 Å². The molecule has 1 aromatic carbocycles. The zero-order chi connectivity index (χ0) is 12.5. The van der Waals surface area contributed by atoms with Crippen LogP contribution in [0, 0.1) is 3.57 Å². The van der Waals surface area contributed by atoms with E-state index in [0.29, 0.717) is 17.1 Å². The van der Waals surface area contributed by atoms with Gasteiger partial charge in [-0.1, -0.05) is 28.6 Å². The van der Waals surface area contributed by atoms with Crippen LogP contribution in [-0.4, -0.2) is 10.2 Å². The normalized spacial score (nSPS) is 11.5. The van der Waals surface area contributed by atoms with Crippen LogP contribution >= 0.6 is 33.9 Å². The number of halogens is 4. The van der Waals surface area contributed by atoms with Gasteiger partial charge in [0.2, 0.25) is 5.01 Å². The summed E-state index contributed by atoms with van der Waals surface area (Å²) < 4.78 is 42.8. The van der Waals surface area contributed by atoms with Gasteiger partial charge in [-0.2, -0.15) is 13.2 Å². The highest BCUT2D eigenvalue weighted by molar-refractivity contribution is 14.1. The molecule has 0 saturated carbocycles. The summed E-state index contributed by atoms with van der Waals surface area (Å²) in [5.41, 5.74) is 0. The molecule has 2 rings (SSSR count). The van der Waals surface area contributed by atoms with Crippen molar-refractivity contribution in [3.8, 4) is 10.9 Å². The first kappa shape index (κ1) is 12.6. The monoisotopic (exact) mass is 372 g/mol. The molecule has 0 N–H and O–H groups in total. The number of aromatic nitrogens is 2. The summed E-state index contributed by atoms with van der Waals surface area (Å²) in [7, 11) is 0. The predicted molar refractivity (Wildman–Crippen MR) is 64.1 cm³/mol. The Morgan fingerprint density at radius 2 is 1.88 bits per heavy atom. The van der Waals surface area contributed by atoms with Crippen molar-refractivity contribution in [2.24, 2.45) is 0 Å². The van der Waals surface area contributed by atoms with E-state index in [1.165, 1.54) is 0 Å². The molecule has 1 heterocycles. The number of hydrogen-bond acceptors (Lipinski definition) is 4. The van der Waals surface area contributed by atoms with Gasteiger partial charge in [-0.3, -0.25) is 0 Å². The van der Waals surface area contributed by atoms with E-state index in [1.54, 1.807) is 24.3 Å². The molecule has 0 bridgehead atoms. The zero-order valence-electron chi connectivity index (χ0n) is 8.03. The molecule has 0 aliphatic rings. The summed E-state index contributed by atoms with van der Waals surface area (Å²) >= 11 is 2.39. The molecule has 17 heavy (non-hydrogen) atoms. The Kier molecular flexibility index (Phi) is 3.52. The molecule has 1 aromatic heterocycles. The first-order valence-corrected chi connectivity index (χ1v) is 6.19. The maximum absolute atomic E-state index is 12.3. The maximum Gasteiger partial charge on any atom is 0.445 e. The van der Waals surface area contributed by atoms with Gasteiger partial charge < -0.3 is 4.74 Å². The molecule has 0 aliphatic carbocycles. The number of rotatable bonds is 2. The van der Waals surface area contributed by atoms with Gasteiger partial charge in [0.25, 0.3) is 5.19 Å². The molecule has 0 fully saturated rings. The van der Waals surface area contributed by atoms with Crippen LogP contribution < -0.4 is 4.74 Å². The number of benzene rings is 1. The van der Waals surface area contributed by atoms with E-state index in [-0.39, 0.29) is 5.19 Å². The van der Waals surface area contributed by atoms with Crippen LogP contribution in [0.2, 0.25) is 0 Å². The molecule has 0 amide bonds. The van der Waals surface area contributed by atoms with Crippen molar-refractivity contribution in [2.75, 3.05) is 0 Å². The van der Waals surface area contributed by atoms with Crippen molar-refractivity contribution in [1.82, 2.24) is 10.2 Å². The topological polar surface area (TPSA) is 35.0 Å². The molecule has 0 atom stereocenters. The highest BCUT2D eigenvalue weighted by Gasteiger charge is 2.36. The van der Waals surface area contributed by atoms with Crippen LogP contribution in [-0.2, 0) is 6.18 Å². The minimum absolute atomic E-state index is 0.124. The Hall–Kier alpha value is -0.900. The van der Waals surface area contributed by atoms with E-state index in [4.69, 9.17) is 4.74 Å². The van der Waals surface area contributed by atoms with E-state index in [1.807, 2.05) is 22.6 Å². The van der Waals surface area contributed by atoms with Crippen molar-refractivity contribution in [3.05, 3.63) is 32.8 Å². The van der Waals surface area contributed by atoms with Crippen LogP contribution in [0.5, 0.6) is 10.9 Å². The van der Waals surface area contributed by atoms with Crippen molar-refractivity contribution in [2.45, 2.75) is 6.18 Å². The third-order valence-electron chi connectivity index (χ3n) is 1.68. The van der Waals surface area contributed by atoms with Gasteiger partial charge in [0.05, 0.1) is 3.57 Å². The van der Waals surface area contributed by atoms with Gasteiger partial charge in [-0.05, 0) is 34.7 Å². The zero-order valence-corrected chi connectivity index (χ0v) is 11.0. The largest absolute Gasteiger partial charge is 0.445 e. The minimum Gasteiger partial charge on any atom is -0.429 e. The molecular weight excluding hydrogens is 368 g/mol. The van der Waals surface area contributed by atoms with Gasteiger partial charge in [0, 0.05) is 0 Å².